The maximum atomic E-state index is 12.8. The van der Waals surface area contributed by atoms with Gasteiger partial charge in [-0.2, -0.15) is 0 Å². The topological polar surface area (TPSA) is 67.2 Å². The molecule has 0 bridgehead atoms. The summed E-state index contributed by atoms with van der Waals surface area (Å²) in [4.78, 5) is 30.9. The van der Waals surface area contributed by atoms with Gasteiger partial charge in [-0.3, -0.25) is 14.9 Å². The number of hydrogen-bond donors (Lipinski definition) is 1. The van der Waals surface area contributed by atoms with Gasteiger partial charge >= 0.3 is 0 Å². The lowest BCUT2D eigenvalue weighted by molar-refractivity contribution is -0.128. The Morgan fingerprint density at radius 1 is 1.13 bits per heavy atom. The summed E-state index contributed by atoms with van der Waals surface area (Å²) in [5, 5.41) is 2.90. The molecule has 2 aromatic carbocycles. The lowest BCUT2D eigenvalue weighted by Crippen LogP contribution is -2.24. The molecule has 1 aliphatic rings. The van der Waals surface area contributed by atoms with Crippen molar-refractivity contribution >= 4 is 17.8 Å². The number of nitrogens with zero attached hydrogens (tertiary/aromatic N) is 3. The van der Waals surface area contributed by atoms with E-state index in [1.54, 1.807) is 12.3 Å². The van der Waals surface area contributed by atoms with Crippen LogP contribution in [-0.2, 0) is 18.4 Å². The van der Waals surface area contributed by atoms with E-state index in [2.05, 4.69) is 42.3 Å². The molecule has 1 saturated heterocycles. The molecule has 6 nitrogen and oxygen atoms in total. The van der Waals surface area contributed by atoms with E-state index in [0.717, 1.165) is 29.8 Å². The van der Waals surface area contributed by atoms with Gasteiger partial charge in [0.25, 0.3) is 5.91 Å². The number of aromatic nitrogens is 2. The second-order valence-corrected chi connectivity index (χ2v) is 7.90. The molecule has 3 aromatic rings. The van der Waals surface area contributed by atoms with E-state index in [4.69, 9.17) is 0 Å². The van der Waals surface area contributed by atoms with Crippen molar-refractivity contribution in [3.05, 3.63) is 70.9 Å². The number of aryl methyl sites for hydroxylation is 2. The van der Waals surface area contributed by atoms with Gasteiger partial charge in [0.2, 0.25) is 11.9 Å². The highest BCUT2D eigenvalue weighted by Crippen LogP contribution is 2.24. The van der Waals surface area contributed by atoms with E-state index in [9.17, 15) is 9.59 Å². The predicted molar refractivity (Wildman–Crippen MR) is 117 cm³/mol. The van der Waals surface area contributed by atoms with Crippen LogP contribution in [0.5, 0.6) is 0 Å². The average Bonchev–Trinajstić information content (AvgIpc) is 3.30. The normalized spacial score (nSPS) is 13.7. The minimum absolute atomic E-state index is 0.178. The second-order valence-electron chi connectivity index (χ2n) is 7.90. The molecule has 154 valence electrons. The summed E-state index contributed by atoms with van der Waals surface area (Å²) in [5.41, 5.74) is 5.96. The summed E-state index contributed by atoms with van der Waals surface area (Å²) < 4.78 is 1.88. The Morgan fingerprint density at radius 2 is 1.97 bits per heavy atom. The molecule has 1 aliphatic heterocycles. The van der Waals surface area contributed by atoms with Crippen LogP contribution in [0.4, 0.5) is 5.95 Å². The van der Waals surface area contributed by atoms with Crippen molar-refractivity contribution in [3.63, 3.8) is 0 Å². The predicted octanol–water partition coefficient (Wildman–Crippen LogP) is 4.08. The third-order valence-electron chi connectivity index (χ3n) is 5.75. The van der Waals surface area contributed by atoms with Crippen molar-refractivity contribution in [2.45, 2.75) is 33.2 Å². The minimum atomic E-state index is -0.218. The first-order chi connectivity index (χ1) is 14.4. The molecule has 0 atom stereocenters. The second kappa shape index (κ2) is 8.14. The highest BCUT2D eigenvalue weighted by atomic mass is 16.2. The fourth-order valence-electron chi connectivity index (χ4n) is 3.77. The summed E-state index contributed by atoms with van der Waals surface area (Å²) in [7, 11) is 1.89. The SMILES string of the molecule is Cc1ccc(-c2cnc(NC(=O)c3cccc(CN4CCCC4=O)c3)n2C)cc1C. The Balaban J connectivity index is 1.50. The summed E-state index contributed by atoms with van der Waals surface area (Å²) >= 11 is 0. The van der Waals surface area contributed by atoms with E-state index >= 15 is 0 Å². The van der Waals surface area contributed by atoms with Crippen molar-refractivity contribution in [2.24, 2.45) is 7.05 Å². The minimum Gasteiger partial charge on any atom is -0.338 e. The van der Waals surface area contributed by atoms with Crippen molar-refractivity contribution in [2.75, 3.05) is 11.9 Å². The number of likely N-dealkylation sites (tertiary alicyclic amines) is 1. The lowest BCUT2D eigenvalue weighted by atomic mass is 10.0. The highest BCUT2D eigenvalue weighted by molar-refractivity contribution is 6.03. The molecule has 4 rings (SSSR count). The van der Waals surface area contributed by atoms with E-state index < -0.39 is 0 Å². The van der Waals surface area contributed by atoms with Crippen molar-refractivity contribution in [1.29, 1.82) is 0 Å². The molecule has 0 saturated carbocycles. The zero-order chi connectivity index (χ0) is 21.3. The number of benzene rings is 2. The van der Waals surface area contributed by atoms with Gasteiger partial charge < -0.3 is 9.47 Å². The molecule has 2 amide bonds. The zero-order valence-electron chi connectivity index (χ0n) is 17.6. The number of anilines is 1. The van der Waals surface area contributed by atoms with Crippen LogP contribution in [0.1, 0.15) is 39.9 Å². The maximum absolute atomic E-state index is 12.8. The number of hydrogen-bond acceptors (Lipinski definition) is 3. The summed E-state index contributed by atoms with van der Waals surface area (Å²) in [6.07, 6.45) is 3.29. The van der Waals surface area contributed by atoms with Crippen LogP contribution >= 0.6 is 0 Å². The smallest absolute Gasteiger partial charge is 0.257 e. The fraction of sp³-hybridized carbons (Fsp3) is 0.292. The number of carbonyl (C=O) groups excluding carboxylic acids is 2. The molecule has 2 heterocycles. The van der Waals surface area contributed by atoms with E-state index in [0.29, 0.717) is 24.5 Å². The Morgan fingerprint density at radius 3 is 2.70 bits per heavy atom. The van der Waals surface area contributed by atoms with Crippen LogP contribution in [0.2, 0.25) is 0 Å². The molecule has 0 spiro atoms. The average molecular weight is 402 g/mol. The standard InChI is InChI=1S/C24H26N4O2/c1-16-9-10-19(12-17(16)2)21-14-25-24(27(21)3)26-23(30)20-7-4-6-18(13-20)15-28-11-5-8-22(28)29/h4,6-7,9-10,12-14H,5,8,11,15H2,1-3H3,(H,25,26,30). The van der Waals surface area contributed by atoms with Crippen LogP contribution in [0.25, 0.3) is 11.3 Å². The molecule has 1 fully saturated rings. The highest BCUT2D eigenvalue weighted by Gasteiger charge is 2.20. The molecule has 0 unspecified atom stereocenters. The maximum Gasteiger partial charge on any atom is 0.257 e. The summed E-state index contributed by atoms with van der Waals surface area (Å²) in [6.45, 7) is 5.49. The Hall–Kier alpha value is -3.41. The Labute approximate surface area is 176 Å². The molecule has 0 aliphatic carbocycles. The number of carbonyl (C=O) groups is 2. The molecular formula is C24H26N4O2. The molecule has 1 N–H and O–H groups in total. The van der Waals surface area contributed by atoms with Crippen LogP contribution in [0.3, 0.4) is 0 Å². The molecule has 6 heteroatoms. The number of nitrogens with one attached hydrogen (secondary N) is 1. The summed E-state index contributed by atoms with van der Waals surface area (Å²) in [5.74, 6) is 0.454. The number of rotatable bonds is 5. The van der Waals surface area contributed by atoms with Crippen LogP contribution in [0, 0.1) is 13.8 Å². The largest absolute Gasteiger partial charge is 0.338 e. The Kier molecular flexibility index (Phi) is 5.40. The van der Waals surface area contributed by atoms with Gasteiger partial charge in [-0.25, -0.2) is 4.98 Å². The molecule has 1 aromatic heterocycles. The lowest BCUT2D eigenvalue weighted by Gasteiger charge is -2.16. The first-order valence-electron chi connectivity index (χ1n) is 10.2. The van der Waals surface area contributed by atoms with E-state index in [1.165, 1.54) is 11.1 Å². The van der Waals surface area contributed by atoms with Crippen molar-refractivity contribution in [3.8, 4) is 11.3 Å². The quantitative estimate of drug-likeness (QED) is 0.699. The van der Waals surface area contributed by atoms with Gasteiger partial charge in [-0.15, -0.1) is 0 Å². The van der Waals surface area contributed by atoms with Crippen LogP contribution in [-0.4, -0.2) is 32.8 Å². The molecule has 0 radical (unpaired) electrons. The molecular weight excluding hydrogens is 376 g/mol. The first-order valence-corrected chi connectivity index (χ1v) is 10.2. The van der Waals surface area contributed by atoms with Gasteiger partial charge in [0.15, 0.2) is 0 Å². The third kappa shape index (κ3) is 3.99. The summed E-state index contributed by atoms with van der Waals surface area (Å²) in [6, 6.07) is 13.7. The van der Waals surface area contributed by atoms with Gasteiger partial charge in [0.1, 0.15) is 0 Å². The fourth-order valence-corrected chi connectivity index (χ4v) is 3.77. The third-order valence-corrected chi connectivity index (χ3v) is 5.75. The van der Waals surface area contributed by atoms with Gasteiger partial charge in [0, 0.05) is 37.7 Å². The Bertz CT molecular complexity index is 1120. The van der Waals surface area contributed by atoms with Gasteiger partial charge in [0.05, 0.1) is 11.9 Å². The molecule has 30 heavy (non-hydrogen) atoms. The monoisotopic (exact) mass is 402 g/mol. The van der Waals surface area contributed by atoms with Crippen LogP contribution < -0.4 is 5.32 Å². The van der Waals surface area contributed by atoms with Gasteiger partial charge in [-0.05, 0) is 55.2 Å². The van der Waals surface area contributed by atoms with E-state index in [1.807, 2.05) is 34.7 Å². The van der Waals surface area contributed by atoms with Crippen LogP contribution in [0.15, 0.2) is 48.7 Å². The zero-order valence-corrected chi connectivity index (χ0v) is 17.6. The van der Waals surface area contributed by atoms with Gasteiger partial charge in [-0.1, -0.05) is 24.3 Å². The van der Waals surface area contributed by atoms with E-state index in [-0.39, 0.29) is 11.8 Å². The van der Waals surface area contributed by atoms with Crippen molar-refractivity contribution in [1.82, 2.24) is 14.5 Å². The number of amides is 2. The van der Waals surface area contributed by atoms with Crippen molar-refractivity contribution < 1.29 is 9.59 Å². The first kappa shape index (κ1) is 19.9. The number of imidazole rings is 1.